The summed E-state index contributed by atoms with van der Waals surface area (Å²) in [6, 6.07) is 0. The first-order valence-corrected chi connectivity index (χ1v) is 32.9. The molecule has 0 radical (unpaired) electrons. The Morgan fingerprint density at radius 1 is 0.435 bits per heavy atom. The average Bonchev–Trinajstić information content (AvgIpc) is 2.05. The molecule has 0 N–H and O–H groups in total. The number of hydrogen-bond donors (Lipinski definition) is 0. The fourth-order valence-corrected chi connectivity index (χ4v) is 141. The molecule has 0 aromatic carbocycles. The molecule has 0 spiro atoms. The molecule has 0 unspecified atom stereocenters. The molecule has 0 bridgehead atoms. The van der Waals surface area contributed by atoms with E-state index in [4.69, 9.17) is 15.3 Å². The van der Waals surface area contributed by atoms with Gasteiger partial charge in [0.15, 0.2) is 0 Å². The lowest BCUT2D eigenvalue weighted by Gasteiger charge is -2.71. The van der Waals surface area contributed by atoms with Crippen LogP contribution < -0.4 is 0 Å². The number of hydrogen-bond acceptors (Lipinski definition) is 0. The lowest BCUT2D eigenvalue weighted by molar-refractivity contribution is 1.22. The van der Waals surface area contributed by atoms with E-state index < -0.39 is 45.1 Å². The van der Waals surface area contributed by atoms with Gasteiger partial charge in [-0.05, 0) is 3.91 Å². The highest BCUT2D eigenvalue weighted by Crippen LogP contribution is 2.65. The molecule has 0 saturated heterocycles. The lowest BCUT2D eigenvalue weighted by Crippen LogP contribution is -2.87. The molecule has 0 amide bonds. The van der Waals surface area contributed by atoms with Crippen molar-refractivity contribution in [3.8, 4) is 0 Å². The highest BCUT2D eigenvalue weighted by Gasteiger charge is 2.76. The van der Waals surface area contributed by atoms with Gasteiger partial charge in [0.1, 0.15) is 5.73 Å². The Balaban J connectivity index is 7.46. The summed E-state index contributed by atoms with van der Waals surface area (Å²) in [6.07, 6.45) is 0. The Bertz CT molecular complexity index is 376. The van der Waals surface area contributed by atoms with Crippen molar-refractivity contribution in [3.63, 3.8) is 0 Å². The van der Waals surface area contributed by atoms with Crippen molar-refractivity contribution in [1.82, 2.24) is 0 Å². The van der Waals surface area contributed by atoms with Crippen LogP contribution in [0.2, 0.25) is 102 Å². The summed E-state index contributed by atoms with van der Waals surface area (Å²) < 4.78 is 0.731. The van der Waals surface area contributed by atoms with Crippen molar-refractivity contribution in [1.29, 1.82) is 0 Å². The molecule has 7 heteroatoms. The predicted molar refractivity (Wildman–Crippen MR) is 134 cm³/mol. The van der Waals surface area contributed by atoms with Crippen LogP contribution in [0.3, 0.4) is 0 Å². The van der Waals surface area contributed by atoms with Gasteiger partial charge in [0.25, 0.3) is 0 Å². The molecular weight excluding hydrogens is 441 g/mol. The van der Waals surface area contributed by atoms with Gasteiger partial charge in [-0.2, -0.15) is 0 Å². The van der Waals surface area contributed by atoms with Crippen molar-refractivity contribution in [3.05, 3.63) is 0 Å². The third-order valence-electron chi connectivity index (χ3n) is 5.96. The Labute approximate surface area is 161 Å². The average molecular weight is 486 g/mol. The van der Waals surface area contributed by atoms with E-state index in [2.05, 4.69) is 98.2 Å². The largest absolute Gasteiger partial charge is 0.133 e. The maximum atomic E-state index is 4.82. The van der Waals surface area contributed by atoms with Crippen molar-refractivity contribution in [2.45, 2.75) is 102 Å². The van der Waals surface area contributed by atoms with Crippen molar-refractivity contribution in [2.75, 3.05) is 0 Å². The van der Waals surface area contributed by atoms with Gasteiger partial charge in [-0.1, -0.05) is 98.2 Å². The molecule has 23 heavy (non-hydrogen) atoms. The first-order valence-electron chi connectivity index (χ1n) is 9.19. The van der Waals surface area contributed by atoms with Crippen molar-refractivity contribution in [2.24, 2.45) is 0 Å². The standard InChI is InChI=1S/C16H45BrSi6/c1-18(2,3)16(19(4,5)6,20(7,8)9)23(17,21(10,11)12)22(13,14)15/h1-15H3. The summed E-state index contributed by atoms with van der Waals surface area (Å²) >= 11 is 4.82. The summed E-state index contributed by atoms with van der Waals surface area (Å²) in [5.74, 6) is 0. The summed E-state index contributed by atoms with van der Waals surface area (Å²) in [6.45, 7) is 40.8. The second-order valence-corrected chi connectivity index (χ2v) is 65.4. The normalized spacial score (nSPS) is 16.7. The summed E-state index contributed by atoms with van der Waals surface area (Å²) in [7, 11) is -6.64. The molecule has 0 aliphatic rings. The molecular formula is C16H45BrSi6. The molecule has 0 atom stereocenters. The molecule has 0 aromatic heterocycles. The minimum atomic E-state index is -1.56. The Kier molecular flexibility index (Phi) is 6.94. The van der Waals surface area contributed by atoms with E-state index >= 15 is 0 Å². The molecule has 140 valence electrons. The molecule has 0 rings (SSSR count). The molecule has 0 fully saturated rings. The Morgan fingerprint density at radius 3 is 0.652 bits per heavy atom. The SMILES string of the molecule is C[Si](C)(C)C([Si](C)(C)C)([Si](C)(C)C)[Si](Br)([Si](C)(C)C)[Si](C)(C)C. The quantitative estimate of drug-likeness (QED) is 0.269. The van der Waals surface area contributed by atoms with Gasteiger partial charge in [-0.3, -0.25) is 0 Å². The smallest absolute Gasteiger partial charge is 0.112 e. The van der Waals surface area contributed by atoms with Crippen LogP contribution in [-0.2, 0) is 0 Å². The second-order valence-electron chi connectivity index (χ2n) is 12.7. The number of rotatable bonds is 6. The maximum absolute atomic E-state index is 4.82. The van der Waals surface area contributed by atoms with Crippen LogP contribution in [-0.4, -0.2) is 45.1 Å². The zero-order valence-electron chi connectivity index (χ0n) is 18.9. The van der Waals surface area contributed by atoms with E-state index in [1.165, 1.54) is 0 Å². The Hall–Kier alpha value is 1.78. The van der Waals surface area contributed by atoms with Crippen molar-refractivity contribution >= 4 is 60.4 Å². The van der Waals surface area contributed by atoms with Crippen LogP contribution in [0.5, 0.6) is 0 Å². The fourth-order valence-electron chi connectivity index (χ4n) is 7.18. The summed E-state index contributed by atoms with van der Waals surface area (Å²) in [5, 5.41) is 0. The highest BCUT2D eigenvalue weighted by molar-refractivity contribution is 9.30. The zero-order valence-corrected chi connectivity index (χ0v) is 26.5. The van der Waals surface area contributed by atoms with E-state index in [0.717, 1.165) is 3.91 Å². The van der Waals surface area contributed by atoms with E-state index in [-0.39, 0.29) is 0 Å². The van der Waals surface area contributed by atoms with E-state index in [9.17, 15) is 0 Å². The van der Waals surface area contributed by atoms with Crippen LogP contribution in [0, 0.1) is 0 Å². The van der Waals surface area contributed by atoms with Gasteiger partial charge in [0.2, 0.25) is 0 Å². The third kappa shape index (κ3) is 3.63. The van der Waals surface area contributed by atoms with Crippen molar-refractivity contribution < 1.29 is 0 Å². The third-order valence-corrected chi connectivity index (χ3v) is 101. The van der Waals surface area contributed by atoms with Gasteiger partial charge < -0.3 is 0 Å². The zero-order chi connectivity index (χ0) is 19.5. The predicted octanol–water partition coefficient (Wildman–Crippen LogP) is 7.53. The molecule has 0 aromatic rings. The van der Waals surface area contributed by atoms with E-state index in [0.29, 0.717) is 0 Å². The van der Waals surface area contributed by atoms with Crippen LogP contribution in [0.15, 0.2) is 0 Å². The molecule has 0 aliphatic carbocycles. The van der Waals surface area contributed by atoms with Crippen LogP contribution in [0.1, 0.15) is 0 Å². The second kappa shape index (κ2) is 6.44. The molecule has 0 saturated carbocycles. The molecule has 0 heterocycles. The minimum absolute atomic E-state index is 0.731. The topological polar surface area (TPSA) is 0 Å². The van der Waals surface area contributed by atoms with E-state index in [1.807, 2.05) is 0 Å². The van der Waals surface area contributed by atoms with Gasteiger partial charge in [0.05, 0.1) is 0 Å². The minimum Gasteiger partial charge on any atom is -0.133 e. The summed E-state index contributed by atoms with van der Waals surface area (Å²) in [5.41, 5.74) is -1.56. The monoisotopic (exact) mass is 484 g/mol. The first kappa shape index (κ1) is 24.8. The highest BCUT2D eigenvalue weighted by atomic mass is 79.9. The van der Waals surface area contributed by atoms with Crippen LogP contribution >= 0.6 is 15.3 Å². The van der Waals surface area contributed by atoms with Crippen LogP contribution in [0.4, 0.5) is 0 Å². The van der Waals surface area contributed by atoms with E-state index in [1.54, 1.807) is 0 Å². The van der Waals surface area contributed by atoms with Gasteiger partial charge in [-0.15, -0.1) is 15.3 Å². The summed E-state index contributed by atoms with van der Waals surface area (Å²) in [4.78, 5) is 0. The van der Waals surface area contributed by atoms with Crippen LogP contribution in [0.25, 0.3) is 0 Å². The van der Waals surface area contributed by atoms with Gasteiger partial charge in [0, 0.05) is 39.4 Å². The Morgan fingerprint density at radius 2 is 0.609 bits per heavy atom. The first-order chi connectivity index (χ1) is 9.50. The molecule has 0 nitrogen and oxygen atoms in total. The number of halogens is 1. The van der Waals surface area contributed by atoms with Gasteiger partial charge in [-0.25, -0.2) is 0 Å². The fraction of sp³-hybridized carbons (Fsp3) is 1.00. The maximum Gasteiger partial charge on any atom is 0.112 e. The molecule has 0 aliphatic heterocycles. The van der Waals surface area contributed by atoms with Gasteiger partial charge >= 0.3 is 0 Å². The lowest BCUT2D eigenvalue weighted by atomic mass is 11.6.